The summed E-state index contributed by atoms with van der Waals surface area (Å²) in [5, 5.41) is 50.7. The first-order valence-electron chi connectivity index (χ1n) is 40.2. The monoisotopic (exact) mass is 1690 g/mol. The zero-order valence-corrected chi connectivity index (χ0v) is 69.8. The average Bonchev–Trinajstić information content (AvgIpc) is 1.81. The molecule has 2 aliphatic heterocycles. The Morgan fingerprint density at radius 3 is 1.55 bits per heavy atom. The van der Waals surface area contributed by atoms with E-state index in [1.807, 2.05) is 71.4 Å². The number of primary amides is 2. The highest BCUT2D eigenvalue weighted by molar-refractivity contribution is 6.30. The van der Waals surface area contributed by atoms with Gasteiger partial charge in [0.25, 0.3) is 5.91 Å². The molecule has 0 saturated carbocycles. The van der Waals surface area contributed by atoms with E-state index in [0.717, 1.165) is 10.8 Å². The van der Waals surface area contributed by atoms with Crippen LogP contribution in [0.1, 0.15) is 107 Å². The number of quaternary nitrogens is 1. The number of nitrogens with one attached hydrogen (secondary N) is 14. The number of halogens is 1. The number of fused-ring (bicyclic) bond motifs is 1. The number of amides is 17. The van der Waals surface area contributed by atoms with Crippen molar-refractivity contribution in [2.45, 2.75) is 184 Å². The van der Waals surface area contributed by atoms with Crippen LogP contribution in [0.25, 0.3) is 10.8 Å². The first-order valence-corrected chi connectivity index (χ1v) is 40.6. The number of nitrogens with two attached hydrogens (primary N) is 2. The van der Waals surface area contributed by atoms with E-state index in [0.29, 0.717) is 63.3 Å². The molecule has 2 aliphatic rings. The Bertz CT molecular complexity index is 4650. The summed E-state index contributed by atoms with van der Waals surface area (Å²) in [6.07, 6.45) is 2.94. The fourth-order valence-corrected chi connectivity index (χ4v) is 13.9. The van der Waals surface area contributed by atoms with Crippen molar-refractivity contribution in [2.75, 3.05) is 58.0 Å². The van der Waals surface area contributed by atoms with Crippen LogP contribution in [-0.2, 0) is 94.4 Å². The van der Waals surface area contributed by atoms with E-state index >= 15 is 28.8 Å². The Kier molecular flexibility index (Phi) is 35.0. The fourth-order valence-electron chi connectivity index (χ4n) is 13.8. The molecule has 19 N–H and O–H groups in total. The number of rotatable bonds is 43. The lowest BCUT2D eigenvalue weighted by atomic mass is 9.99. The van der Waals surface area contributed by atoms with Gasteiger partial charge in [0.1, 0.15) is 66.5 Å². The third-order valence-corrected chi connectivity index (χ3v) is 20.3. The van der Waals surface area contributed by atoms with Crippen LogP contribution in [0.5, 0.6) is 0 Å². The van der Waals surface area contributed by atoms with E-state index in [1.165, 1.54) is 48.5 Å². The van der Waals surface area contributed by atoms with Crippen molar-refractivity contribution >= 4 is 123 Å². The normalized spacial score (nSPS) is 16.1. The topological polar surface area (TPSA) is 513 Å². The van der Waals surface area contributed by atoms with E-state index in [4.69, 9.17) is 23.1 Å². The molecule has 3 heterocycles. The zero-order valence-electron chi connectivity index (χ0n) is 69.0. The number of aliphatic hydroxyl groups is 1. The number of unbranched alkanes of at least 4 members (excludes halogenated alkanes) is 1. The number of nitrogens with zero attached hydrogens (tertiary/aromatic N) is 3. The SMILES string of the molecule is CC(C)C[C@H](NC(=O)[C@@H](Cc1ccc(NC(=O)C[N+](C)(C)C)cc1)NC(=O)[C@H](Cc1ccc(NC(=O)C2CC(=O)NC(=O)N2)cc1)NC(=O)[C@H](CO)NC(=O)[C@@H](Cc1cccnc1)NC(=O)[C@@H](Cc1ccc(Cl)cc1)NC(=O)[C@@H](Cc1ccc2ccccc2c1)NC(N)=O)C(=O)N[C@@H](CCCCNC(C)C)C(=O)N1CCC[C@H]1C(=O)N[C@H](C)C(N)=O. The van der Waals surface area contributed by atoms with Gasteiger partial charge in [-0.2, -0.15) is 0 Å². The molecule has 0 aliphatic carbocycles. The van der Waals surface area contributed by atoms with Gasteiger partial charge >= 0.3 is 12.1 Å². The summed E-state index contributed by atoms with van der Waals surface area (Å²) in [5.41, 5.74) is 13.9. The number of urea groups is 2. The average molecular weight is 1690 g/mol. The summed E-state index contributed by atoms with van der Waals surface area (Å²) in [7, 11) is 5.52. The Morgan fingerprint density at radius 2 is 1.03 bits per heavy atom. The first-order chi connectivity index (χ1) is 57.5. The maximum Gasteiger partial charge on any atom is 0.322 e. The maximum atomic E-state index is 15.6. The van der Waals surface area contributed by atoms with Crippen molar-refractivity contribution < 1.29 is 81.5 Å². The van der Waals surface area contributed by atoms with Crippen molar-refractivity contribution in [1.82, 2.24) is 73.7 Å². The molecule has 6 aromatic rings. The van der Waals surface area contributed by atoms with Gasteiger partial charge in [0, 0.05) is 73.5 Å². The standard InChI is InChI=1S/C85H110ClN19O16/c1-48(2)37-62(75(111)94-61(18-11-12-35-90-49(3)4)83(119)104-36-14-19-70(104)82(118)91-50(5)73(87)109)95-76(112)64(40-52-23-30-59(31-24-52)92-72(108)46-105(6,7)8)96-78(114)65(41-53-25-32-60(33-26-53)93-74(110)68-44-71(107)103-85(121)102-68)99-81(117)69(47-106)100-79(115)66(43-55-15-13-34-89-45-55)98-77(113)63(39-51-21-28-58(86)29-22-51)97-80(116)67(101-84(88)120)42-54-20-27-56-16-9-10-17-57(56)38-54/h9-10,13,15-17,20-34,38,45,48-50,61-70,90,106H,11-12,14,18-19,35-37,39-44,46-47H2,1-8H3,(H16-,87,88,91,92,93,94,95,96,97,98,99,100,101,102,103,107,108,109,110,111,112,113,114,115,116,117,118,120,121)/p+1/t50-,61+,62+,63-,64-,65+,66-,67-,68?,69+,70+/m1/s1. The lowest BCUT2D eigenvalue weighted by molar-refractivity contribution is -0.861. The van der Waals surface area contributed by atoms with Crippen LogP contribution in [0.4, 0.5) is 21.0 Å². The molecule has 0 bridgehead atoms. The molecule has 36 heteroatoms. The lowest BCUT2D eigenvalue weighted by Gasteiger charge is -2.31. The number of carbonyl (C=O) groups is 15. The van der Waals surface area contributed by atoms with Crippen LogP contribution in [-0.4, -0.2) is 228 Å². The van der Waals surface area contributed by atoms with E-state index in [-0.39, 0.29) is 93.6 Å². The molecule has 2 fully saturated rings. The van der Waals surface area contributed by atoms with Gasteiger partial charge in [0.2, 0.25) is 70.9 Å². The van der Waals surface area contributed by atoms with Crippen molar-refractivity contribution in [3.05, 3.63) is 173 Å². The Morgan fingerprint density at radius 1 is 0.545 bits per heavy atom. The predicted octanol–water partition coefficient (Wildman–Crippen LogP) is 1.20. The van der Waals surface area contributed by atoms with Crippen LogP contribution in [0.15, 0.2) is 140 Å². The number of anilines is 2. The van der Waals surface area contributed by atoms with Crippen molar-refractivity contribution in [1.29, 1.82) is 0 Å². The van der Waals surface area contributed by atoms with Gasteiger partial charge in [0.15, 0.2) is 6.54 Å². The molecule has 0 spiro atoms. The van der Waals surface area contributed by atoms with E-state index in [2.05, 4.69) is 79.4 Å². The Hall–Kier alpha value is -12.5. The third-order valence-electron chi connectivity index (χ3n) is 20.0. The molecule has 2 saturated heterocycles. The minimum atomic E-state index is -1.93. The second-order valence-electron chi connectivity index (χ2n) is 32.1. The van der Waals surface area contributed by atoms with Crippen LogP contribution < -0.4 is 85.9 Å². The number of hydrogen-bond acceptors (Lipinski definition) is 18. The minimum Gasteiger partial charge on any atom is -0.394 e. The summed E-state index contributed by atoms with van der Waals surface area (Å²) >= 11 is 6.27. The number of carbonyl (C=O) groups excluding carboxylic acids is 15. The van der Waals surface area contributed by atoms with Gasteiger partial charge in [-0.05, 0) is 139 Å². The zero-order chi connectivity index (χ0) is 88.2. The Balaban J connectivity index is 1.11. The number of aliphatic hydroxyl groups excluding tert-OH is 1. The highest BCUT2D eigenvalue weighted by Crippen LogP contribution is 2.24. The smallest absolute Gasteiger partial charge is 0.322 e. The van der Waals surface area contributed by atoms with Gasteiger partial charge in [-0.1, -0.05) is 124 Å². The second kappa shape index (κ2) is 45.1. The molecule has 1 unspecified atom stereocenters. The van der Waals surface area contributed by atoms with Crippen LogP contribution in [0.3, 0.4) is 0 Å². The number of aromatic nitrogens is 1. The quantitative estimate of drug-likeness (QED) is 0.0189. The summed E-state index contributed by atoms with van der Waals surface area (Å²) in [6.45, 7) is 8.65. The number of benzene rings is 5. The number of imide groups is 1. The van der Waals surface area contributed by atoms with Gasteiger partial charge in [-0.25, -0.2) is 9.59 Å². The van der Waals surface area contributed by atoms with Crippen LogP contribution in [0.2, 0.25) is 5.02 Å². The molecule has 35 nitrogen and oxygen atoms in total. The highest BCUT2D eigenvalue weighted by atomic mass is 35.5. The van der Waals surface area contributed by atoms with Crippen molar-refractivity contribution in [3.63, 3.8) is 0 Å². The first kappa shape index (κ1) is 94.0. The molecule has 648 valence electrons. The maximum absolute atomic E-state index is 15.6. The van der Waals surface area contributed by atoms with Crippen LogP contribution in [0, 0.1) is 5.92 Å². The molecule has 17 amide bonds. The molecular weight excluding hydrogens is 1580 g/mol. The molecule has 11 atom stereocenters. The van der Waals surface area contributed by atoms with Crippen molar-refractivity contribution in [3.8, 4) is 0 Å². The summed E-state index contributed by atoms with van der Waals surface area (Å²) < 4.78 is 0.311. The number of likely N-dealkylation sites (N-methyl/N-ethyl adjacent to an activating group) is 1. The van der Waals surface area contributed by atoms with Crippen LogP contribution >= 0.6 is 11.6 Å². The van der Waals surface area contributed by atoms with Gasteiger partial charge < -0.3 is 95.1 Å². The molecule has 0 radical (unpaired) electrons. The highest BCUT2D eigenvalue weighted by Gasteiger charge is 2.41. The number of likely N-dealkylation sites (tertiary alicyclic amines) is 1. The second-order valence-corrected chi connectivity index (χ2v) is 32.5. The number of pyridine rings is 1. The largest absolute Gasteiger partial charge is 0.394 e. The molecule has 121 heavy (non-hydrogen) atoms. The third kappa shape index (κ3) is 30.4. The van der Waals surface area contributed by atoms with Gasteiger partial charge in [0.05, 0.1) is 34.2 Å². The molecule has 1 aromatic heterocycles. The Labute approximate surface area is 706 Å². The predicted molar refractivity (Wildman–Crippen MR) is 451 cm³/mol. The van der Waals surface area contributed by atoms with E-state index < -0.39 is 162 Å². The van der Waals surface area contributed by atoms with Crippen molar-refractivity contribution in [2.24, 2.45) is 17.4 Å². The van der Waals surface area contributed by atoms with Gasteiger partial charge in [-0.15, -0.1) is 0 Å². The summed E-state index contributed by atoms with van der Waals surface area (Å²) in [4.78, 5) is 215. The minimum absolute atomic E-state index is 0.0237. The summed E-state index contributed by atoms with van der Waals surface area (Å²) in [5.74, 6) is -10.8. The number of hydrogen-bond donors (Lipinski definition) is 17. The summed E-state index contributed by atoms with van der Waals surface area (Å²) in [6, 6.07) is 17.1. The fraction of sp³-hybridized carbons (Fsp3) is 0.435. The van der Waals surface area contributed by atoms with E-state index in [9.17, 15) is 48.3 Å². The molecule has 5 aromatic carbocycles. The molecular formula is C85H111ClN19O16+. The lowest BCUT2D eigenvalue weighted by Crippen LogP contribution is -2.62. The van der Waals surface area contributed by atoms with Gasteiger partial charge in [-0.3, -0.25) is 72.6 Å². The molecule has 8 rings (SSSR count). The van der Waals surface area contributed by atoms with E-state index in [1.54, 1.807) is 80.6 Å².